The molecule has 0 bridgehead atoms. The Kier molecular flexibility index (Phi) is 2.88. The van der Waals surface area contributed by atoms with Crippen molar-refractivity contribution >= 4 is 11.6 Å². The average Bonchev–Trinajstić information content (AvgIpc) is 3.18. The Morgan fingerprint density at radius 3 is 2.89 bits per heavy atom. The van der Waals surface area contributed by atoms with Crippen LogP contribution in [0.3, 0.4) is 0 Å². The van der Waals surface area contributed by atoms with Crippen molar-refractivity contribution in [2.75, 3.05) is 0 Å². The Hall–Kier alpha value is -1.68. The van der Waals surface area contributed by atoms with Gasteiger partial charge in [0.2, 0.25) is 0 Å². The normalized spacial score (nSPS) is 14.7. The molecular formula is C13H12ClN3O. The minimum Gasteiger partial charge on any atom is -0.290 e. The van der Waals surface area contributed by atoms with Gasteiger partial charge in [-0.25, -0.2) is 4.98 Å². The molecule has 18 heavy (non-hydrogen) atoms. The van der Waals surface area contributed by atoms with Crippen LogP contribution in [-0.2, 0) is 6.54 Å². The summed E-state index contributed by atoms with van der Waals surface area (Å²) in [5.41, 5.74) is 0.744. The molecule has 4 nitrogen and oxygen atoms in total. The third-order valence-corrected chi connectivity index (χ3v) is 3.19. The lowest BCUT2D eigenvalue weighted by molar-refractivity contribution is 0.658. The number of nitrogens with zero attached hydrogens (tertiary/aromatic N) is 3. The standard InChI is InChI=1S/C13H12ClN3O/c14-11-7-12(18)17(13(16-11)9-4-5-9)8-10-3-1-2-6-15-10/h1-3,6-7,9H,4-5,8H2. The van der Waals surface area contributed by atoms with Gasteiger partial charge >= 0.3 is 0 Å². The molecule has 1 aliphatic rings. The first-order chi connectivity index (χ1) is 8.74. The lowest BCUT2D eigenvalue weighted by Gasteiger charge is -2.10. The van der Waals surface area contributed by atoms with Gasteiger partial charge in [0.1, 0.15) is 11.0 Å². The largest absolute Gasteiger partial charge is 0.290 e. The van der Waals surface area contributed by atoms with E-state index in [0.29, 0.717) is 12.5 Å². The van der Waals surface area contributed by atoms with Crippen molar-refractivity contribution in [3.05, 3.63) is 57.5 Å². The second-order valence-corrected chi connectivity index (χ2v) is 4.84. The Morgan fingerprint density at radius 2 is 2.22 bits per heavy atom. The van der Waals surface area contributed by atoms with Crippen molar-refractivity contribution in [3.8, 4) is 0 Å². The predicted molar refractivity (Wildman–Crippen MR) is 68.8 cm³/mol. The molecule has 0 unspecified atom stereocenters. The summed E-state index contributed by atoms with van der Waals surface area (Å²) in [6.07, 6.45) is 3.88. The molecule has 2 aromatic heterocycles. The van der Waals surface area contributed by atoms with Gasteiger partial charge in [-0.15, -0.1) is 0 Å². The third-order valence-electron chi connectivity index (χ3n) is 3.00. The first kappa shape index (κ1) is 11.4. The maximum atomic E-state index is 12.0. The van der Waals surface area contributed by atoms with Crippen molar-refractivity contribution in [2.24, 2.45) is 0 Å². The molecule has 0 aliphatic heterocycles. The summed E-state index contributed by atoms with van der Waals surface area (Å²) in [6, 6.07) is 7.02. The van der Waals surface area contributed by atoms with Gasteiger partial charge in [-0.2, -0.15) is 0 Å². The van der Waals surface area contributed by atoms with Crippen LogP contribution in [0.15, 0.2) is 35.3 Å². The number of hydrogen-bond acceptors (Lipinski definition) is 3. The molecule has 2 heterocycles. The van der Waals surface area contributed by atoms with Gasteiger partial charge in [0, 0.05) is 18.2 Å². The molecule has 0 spiro atoms. The summed E-state index contributed by atoms with van der Waals surface area (Å²) in [4.78, 5) is 20.5. The van der Waals surface area contributed by atoms with E-state index >= 15 is 0 Å². The van der Waals surface area contributed by atoms with Crippen molar-refractivity contribution in [3.63, 3.8) is 0 Å². The molecule has 1 saturated carbocycles. The molecule has 0 aromatic carbocycles. The van der Waals surface area contributed by atoms with Gasteiger partial charge in [0.15, 0.2) is 0 Å². The van der Waals surface area contributed by atoms with Crippen LogP contribution in [-0.4, -0.2) is 14.5 Å². The van der Waals surface area contributed by atoms with Crippen LogP contribution >= 0.6 is 11.6 Å². The SMILES string of the molecule is O=c1cc(Cl)nc(C2CC2)n1Cc1ccccn1. The fourth-order valence-corrected chi connectivity index (χ4v) is 2.14. The highest BCUT2D eigenvalue weighted by Crippen LogP contribution is 2.38. The van der Waals surface area contributed by atoms with Gasteiger partial charge < -0.3 is 0 Å². The smallest absolute Gasteiger partial charge is 0.255 e. The number of aromatic nitrogens is 3. The van der Waals surface area contributed by atoms with Gasteiger partial charge in [0.25, 0.3) is 5.56 Å². The van der Waals surface area contributed by atoms with E-state index < -0.39 is 0 Å². The maximum absolute atomic E-state index is 12.0. The second kappa shape index (κ2) is 4.53. The van der Waals surface area contributed by atoms with E-state index in [1.807, 2.05) is 18.2 Å². The summed E-state index contributed by atoms with van der Waals surface area (Å²) < 4.78 is 1.67. The molecule has 0 saturated heterocycles. The summed E-state index contributed by atoms with van der Waals surface area (Å²) in [5, 5.41) is 0.277. The number of rotatable bonds is 3. The van der Waals surface area contributed by atoms with Crippen LogP contribution < -0.4 is 5.56 Å². The fraction of sp³-hybridized carbons (Fsp3) is 0.308. The monoisotopic (exact) mass is 261 g/mol. The molecular weight excluding hydrogens is 250 g/mol. The molecule has 0 radical (unpaired) electrons. The van der Waals surface area contributed by atoms with E-state index in [1.165, 1.54) is 6.07 Å². The molecule has 3 rings (SSSR count). The minimum atomic E-state index is -0.109. The average molecular weight is 262 g/mol. The Labute approximate surface area is 109 Å². The zero-order valence-electron chi connectivity index (χ0n) is 9.71. The maximum Gasteiger partial charge on any atom is 0.255 e. The number of halogens is 1. The van der Waals surface area contributed by atoms with Crippen LogP contribution in [0.4, 0.5) is 0 Å². The Balaban J connectivity index is 2.03. The summed E-state index contributed by atoms with van der Waals surface area (Å²) in [5.74, 6) is 1.17. The van der Waals surface area contributed by atoms with Crippen molar-refractivity contribution in [1.29, 1.82) is 0 Å². The zero-order chi connectivity index (χ0) is 12.5. The Morgan fingerprint density at radius 1 is 1.39 bits per heavy atom. The summed E-state index contributed by atoms with van der Waals surface area (Å²) in [7, 11) is 0. The van der Waals surface area contributed by atoms with Gasteiger partial charge in [-0.1, -0.05) is 17.7 Å². The molecule has 1 aliphatic carbocycles. The quantitative estimate of drug-likeness (QED) is 0.796. The van der Waals surface area contributed by atoms with Gasteiger partial charge in [0.05, 0.1) is 12.2 Å². The van der Waals surface area contributed by atoms with Crippen molar-refractivity contribution in [1.82, 2.24) is 14.5 Å². The number of hydrogen-bond donors (Lipinski definition) is 0. The van der Waals surface area contributed by atoms with Crippen LogP contribution in [0.5, 0.6) is 0 Å². The van der Waals surface area contributed by atoms with E-state index in [9.17, 15) is 4.79 Å². The lowest BCUT2D eigenvalue weighted by atomic mass is 10.3. The van der Waals surface area contributed by atoms with Crippen molar-refractivity contribution < 1.29 is 0 Å². The van der Waals surface area contributed by atoms with Crippen LogP contribution in [0.25, 0.3) is 0 Å². The molecule has 0 N–H and O–H groups in total. The summed E-state index contributed by atoms with van der Waals surface area (Å²) in [6.45, 7) is 0.454. The molecule has 0 atom stereocenters. The minimum absolute atomic E-state index is 0.109. The van der Waals surface area contributed by atoms with E-state index in [2.05, 4.69) is 9.97 Å². The second-order valence-electron chi connectivity index (χ2n) is 4.46. The highest BCUT2D eigenvalue weighted by Gasteiger charge is 2.29. The van der Waals surface area contributed by atoms with Crippen LogP contribution in [0.1, 0.15) is 30.3 Å². The first-order valence-corrected chi connectivity index (χ1v) is 6.29. The van der Waals surface area contributed by atoms with E-state index in [4.69, 9.17) is 11.6 Å². The first-order valence-electron chi connectivity index (χ1n) is 5.91. The predicted octanol–water partition coefficient (Wildman–Crippen LogP) is 2.22. The molecule has 5 heteroatoms. The van der Waals surface area contributed by atoms with Gasteiger partial charge in [-0.3, -0.25) is 14.3 Å². The molecule has 0 amide bonds. The topological polar surface area (TPSA) is 47.8 Å². The molecule has 92 valence electrons. The third kappa shape index (κ3) is 2.29. The van der Waals surface area contributed by atoms with E-state index in [1.54, 1.807) is 10.8 Å². The zero-order valence-corrected chi connectivity index (χ0v) is 10.5. The van der Waals surface area contributed by atoms with Crippen LogP contribution in [0.2, 0.25) is 5.15 Å². The summed E-state index contributed by atoms with van der Waals surface area (Å²) >= 11 is 5.86. The van der Waals surface area contributed by atoms with Gasteiger partial charge in [-0.05, 0) is 25.0 Å². The highest BCUT2D eigenvalue weighted by atomic mass is 35.5. The van der Waals surface area contributed by atoms with Crippen LogP contribution in [0, 0.1) is 0 Å². The fourth-order valence-electron chi connectivity index (χ4n) is 1.96. The van der Waals surface area contributed by atoms with E-state index in [-0.39, 0.29) is 10.7 Å². The number of pyridine rings is 1. The highest BCUT2D eigenvalue weighted by molar-refractivity contribution is 6.29. The van der Waals surface area contributed by atoms with Crippen molar-refractivity contribution in [2.45, 2.75) is 25.3 Å². The molecule has 1 fully saturated rings. The lowest BCUT2D eigenvalue weighted by Crippen LogP contribution is -2.25. The molecule has 2 aromatic rings. The Bertz CT molecular complexity index is 620. The van der Waals surface area contributed by atoms with E-state index in [0.717, 1.165) is 24.4 Å².